The molecule has 0 spiro atoms. The van der Waals surface area contributed by atoms with E-state index in [0.717, 1.165) is 0 Å². The van der Waals surface area contributed by atoms with Crippen molar-refractivity contribution in [1.29, 1.82) is 0 Å². The first-order valence-electron chi connectivity index (χ1n) is 6.54. The molecule has 0 bridgehead atoms. The van der Waals surface area contributed by atoms with E-state index in [4.69, 9.17) is 16.3 Å². The number of ether oxygens (including phenoxy) is 1. The van der Waals surface area contributed by atoms with E-state index in [0.29, 0.717) is 22.9 Å². The van der Waals surface area contributed by atoms with Crippen LogP contribution in [0, 0.1) is 0 Å². The summed E-state index contributed by atoms with van der Waals surface area (Å²) < 4.78 is 29.4. The minimum absolute atomic E-state index is 0.110. The lowest BCUT2D eigenvalue weighted by atomic mass is 10.2. The van der Waals surface area contributed by atoms with E-state index in [1.54, 1.807) is 36.4 Å². The maximum absolute atomic E-state index is 12.1. The van der Waals surface area contributed by atoms with Crippen LogP contribution in [0.15, 0.2) is 58.5 Å². The monoisotopic (exact) mass is 338 g/mol. The van der Waals surface area contributed by atoms with Crippen LogP contribution in [0.1, 0.15) is 12.5 Å². The molecule has 2 rings (SSSR count). The van der Waals surface area contributed by atoms with E-state index in [-0.39, 0.29) is 4.90 Å². The van der Waals surface area contributed by atoms with Crippen LogP contribution in [-0.4, -0.2) is 21.2 Å². The second-order valence-corrected chi connectivity index (χ2v) is 6.41. The van der Waals surface area contributed by atoms with Crippen molar-refractivity contribution in [3.63, 3.8) is 0 Å². The van der Waals surface area contributed by atoms with Gasteiger partial charge in [-0.3, -0.25) is 0 Å². The molecular weight excluding hydrogens is 324 g/mol. The van der Waals surface area contributed by atoms with Gasteiger partial charge in [-0.2, -0.15) is 13.5 Å². The molecule has 0 unspecified atom stereocenters. The Morgan fingerprint density at radius 2 is 1.95 bits per heavy atom. The van der Waals surface area contributed by atoms with Gasteiger partial charge in [-0.25, -0.2) is 4.83 Å². The van der Waals surface area contributed by atoms with Crippen molar-refractivity contribution in [1.82, 2.24) is 4.83 Å². The lowest BCUT2D eigenvalue weighted by molar-refractivity contribution is 0.340. The van der Waals surface area contributed by atoms with Crippen molar-refractivity contribution in [3.8, 4) is 5.75 Å². The van der Waals surface area contributed by atoms with E-state index in [2.05, 4.69) is 9.93 Å². The quantitative estimate of drug-likeness (QED) is 0.650. The van der Waals surface area contributed by atoms with E-state index >= 15 is 0 Å². The molecule has 2 aromatic rings. The number of nitrogens with zero attached hydrogens (tertiary/aromatic N) is 1. The molecule has 0 radical (unpaired) electrons. The van der Waals surface area contributed by atoms with Crippen molar-refractivity contribution < 1.29 is 13.2 Å². The molecule has 0 aliphatic heterocycles. The van der Waals surface area contributed by atoms with Gasteiger partial charge < -0.3 is 4.74 Å². The normalized spacial score (nSPS) is 11.5. The van der Waals surface area contributed by atoms with Crippen molar-refractivity contribution in [2.75, 3.05) is 6.61 Å². The van der Waals surface area contributed by atoms with Gasteiger partial charge in [0.05, 0.1) is 17.7 Å². The van der Waals surface area contributed by atoms with Crippen molar-refractivity contribution in [2.45, 2.75) is 11.8 Å². The number of hydrazone groups is 1. The molecule has 0 aliphatic rings. The highest BCUT2D eigenvalue weighted by Crippen LogP contribution is 2.15. The number of hydrogen-bond acceptors (Lipinski definition) is 4. The Balaban J connectivity index is 2.07. The third-order valence-corrected chi connectivity index (χ3v) is 4.15. The van der Waals surface area contributed by atoms with Gasteiger partial charge in [0.25, 0.3) is 10.0 Å². The predicted molar refractivity (Wildman–Crippen MR) is 87.0 cm³/mol. The second-order valence-electron chi connectivity index (χ2n) is 4.31. The van der Waals surface area contributed by atoms with Crippen LogP contribution in [0.5, 0.6) is 5.75 Å². The first-order valence-corrected chi connectivity index (χ1v) is 8.40. The van der Waals surface area contributed by atoms with Crippen LogP contribution in [0.2, 0.25) is 5.02 Å². The molecule has 0 saturated heterocycles. The second kappa shape index (κ2) is 7.29. The van der Waals surface area contributed by atoms with Gasteiger partial charge in [-0.05, 0) is 48.9 Å². The zero-order valence-corrected chi connectivity index (χ0v) is 13.4. The van der Waals surface area contributed by atoms with Crippen molar-refractivity contribution >= 4 is 27.8 Å². The highest BCUT2D eigenvalue weighted by atomic mass is 35.5. The lowest BCUT2D eigenvalue weighted by Gasteiger charge is -2.05. The van der Waals surface area contributed by atoms with Gasteiger partial charge in [0.1, 0.15) is 5.75 Å². The average Bonchev–Trinajstić information content (AvgIpc) is 2.48. The fourth-order valence-corrected chi connectivity index (χ4v) is 2.68. The average molecular weight is 339 g/mol. The number of halogens is 1. The molecule has 0 aromatic heterocycles. The first-order chi connectivity index (χ1) is 10.5. The molecule has 0 heterocycles. The van der Waals surface area contributed by atoms with Crippen LogP contribution in [0.25, 0.3) is 0 Å². The van der Waals surface area contributed by atoms with Gasteiger partial charge in [-0.1, -0.05) is 23.7 Å². The Bertz CT molecular complexity index is 759. The molecule has 0 fully saturated rings. The molecule has 0 atom stereocenters. The van der Waals surface area contributed by atoms with Gasteiger partial charge in [-0.15, -0.1) is 0 Å². The smallest absolute Gasteiger partial charge is 0.276 e. The molecule has 0 amide bonds. The Kier molecular flexibility index (Phi) is 5.41. The van der Waals surface area contributed by atoms with Crippen LogP contribution >= 0.6 is 11.6 Å². The lowest BCUT2D eigenvalue weighted by Crippen LogP contribution is -2.18. The fraction of sp³-hybridized carbons (Fsp3) is 0.133. The summed E-state index contributed by atoms with van der Waals surface area (Å²) in [5.74, 6) is 0.615. The molecular formula is C15H15ClN2O3S. The van der Waals surface area contributed by atoms with Gasteiger partial charge in [0.15, 0.2) is 0 Å². The molecule has 22 heavy (non-hydrogen) atoms. The first kappa shape index (κ1) is 16.3. The summed E-state index contributed by atoms with van der Waals surface area (Å²) in [5, 5.41) is 4.29. The number of hydrogen-bond donors (Lipinski definition) is 1. The topological polar surface area (TPSA) is 67.8 Å². The third-order valence-electron chi connectivity index (χ3n) is 2.68. The van der Waals surface area contributed by atoms with E-state index in [9.17, 15) is 8.42 Å². The zero-order chi connectivity index (χ0) is 16.0. The van der Waals surface area contributed by atoms with Crippen LogP contribution in [0.3, 0.4) is 0 Å². The molecule has 1 N–H and O–H groups in total. The molecule has 7 heteroatoms. The fourth-order valence-electron chi connectivity index (χ4n) is 1.69. The Hall–Kier alpha value is -2.05. The summed E-state index contributed by atoms with van der Waals surface area (Å²) in [5.41, 5.74) is 0.696. The Morgan fingerprint density at radius 1 is 1.23 bits per heavy atom. The van der Waals surface area contributed by atoms with E-state index in [1.165, 1.54) is 18.3 Å². The van der Waals surface area contributed by atoms with Crippen LogP contribution in [0.4, 0.5) is 0 Å². The van der Waals surface area contributed by atoms with E-state index in [1.807, 2.05) is 6.92 Å². The number of sulfonamides is 1. The number of benzene rings is 2. The molecule has 116 valence electrons. The van der Waals surface area contributed by atoms with Gasteiger partial charge >= 0.3 is 0 Å². The molecule has 5 nitrogen and oxygen atoms in total. The van der Waals surface area contributed by atoms with Gasteiger partial charge in [0.2, 0.25) is 0 Å². The Labute approximate surface area is 134 Å². The number of rotatable bonds is 6. The molecule has 0 saturated carbocycles. The predicted octanol–water partition coefficient (Wildman–Crippen LogP) is 3.05. The SMILES string of the molecule is CCOc1ccc(S(=O)(=O)NN=Cc2cccc(Cl)c2)cc1. The summed E-state index contributed by atoms with van der Waals surface area (Å²) in [6.07, 6.45) is 1.39. The highest BCUT2D eigenvalue weighted by Gasteiger charge is 2.12. The van der Waals surface area contributed by atoms with Gasteiger partial charge in [0, 0.05) is 5.02 Å². The standard InChI is InChI=1S/C15H15ClN2O3S/c1-2-21-14-6-8-15(9-7-14)22(19,20)18-17-11-12-4-3-5-13(16)10-12/h3-11,18H,2H2,1H3. The Morgan fingerprint density at radius 3 is 2.59 bits per heavy atom. The summed E-state index contributed by atoms with van der Waals surface area (Å²) >= 11 is 5.84. The molecule has 0 aliphatic carbocycles. The van der Waals surface area contributed by atoms with E-state index < -0.39 is 10.0 Å². The van der Waals surface area contributed by atoms with Crippen molar-refractivity contribution in [2.24, 2.45) is 5.10 Å². The summed E-state index contributed by atoms with van der Waals surface area (Å²) in [7, 11) is -3.71. The largest absolute Gasteiger partial charge is 0.494 e. The molecule has 2 aromatic carbocycles. The summed E-state index contributed by atoms with van der Waals surface area (Å²) in [6.45, 7) is 2.38. The number of nitrogens with one attached hydrogen (secondary N) is 1. The minimum atomic E-state index is -3.71. The maximum atomic E-state index is 12.1. The maximum Gasteiger partial charge on any atom is 0.276 e. The minimum Gasteiger partial charge on any atom is -0.494 e. The third kappa shape index (κ3) is 4.47. The zero-order valence-electron chi connectivity index (χ0n) is 11.9. The van der Waals surface area contributed by atoms with Crippen molar-refractivity contribution in [3.05, 3.63) is 59.1 Å². The van der Waals surface area contributed by atoms with Crippen LogP contribution in [-0.2, 0) is 10.0 Å². The summed E-state index contributed by atoms with van der Waals surface area (Å²) in [6, 6.07) is 13.0. The highest BCUT2D eigenvalue weighted by molar-refractivity contribution is 7.89. The van der Waals surface area contributed by atoms with Crippen LogP contribution < -0.4 is 9.57 Å². The summed E-state index contributed by atoms with van der Waals surface area (Å²) in [4.78, 5) is 2.26.